The van der Waals surface area contributed by atoms with E-state index in [0.717, 1.165) is 17.0 Å². The molecule has 3 rings (SSSR count). The van der Waals surface area contributed by atoms with Crippen LogP contribution >= 0.6 is 0 Å². The number of hydrogen-bond donors (Lipinski definition) is 1. The molecular weight excluding hydrogens is 328 g/mol. The van der Waals surface area contributed by atoms with Gasteiger partial charge in [0.1, 0.15) is 5.75 Å². The summed E-state index contributed by atoms with van der Waals surface area (Å²) < 4.78 is 5.14. The van der Waals surface area contributed by atoms with Crippen LogP contribution in [0, 0.1) is 0 Å². The number of para-hydroxylation sites is 1. The third-order valence-electron chi connectivity index (χ3n) is 3.96. The van der Waals surface area contributed by atoms with Gasteiger partial charge in [0.15, 0.2) is 0 Å². The van der Waals surface area contributed by atoms with E-state index < -0.39 is 0 Å². The summed E-state index contributed by atoms with van der Waals surface area (Å²) in [6.07, 6.45) is 3.07. The van der Waals surface area contributed by atoms with Gasteiger partial charge < -0.3 is 15.0 Å². The van der Waals surface area contributed by atoms with Gasteiger partial charge in [0.2, 0.25) is 5.95 Å². The minimum Gasteiger partial charge on any atom is -0.497 e. The monoisotopic (exact) mass is 348 g/mol. The molecule has 6 nitrogen and oxygen atoms in total. The molecule has 0 aliphatic rings. The van der Waals surface area contributed by atoms with Crippen LogP contribution in [-0.2, 0) is 6.54 Å². The second-order valence-electron chi connectivity index (χ2n) is 5.70. The Kier molecular flexibility index (Phi) is 5.43. The average Bonchev–Trinajstić information content (AvgIpc) is 2.72. The molecule has 2 aromatic carbocycles. The zero-order chi connectivity index (χ0) is 18.4. The van der Waals surface area contributed by atoms with Crippen LogP contribution in [0.25, 0.3) is 0 Å². The first-order valence-corrected chi connectivity index (χ1v) is 8.19. The van der Waals surface area contributed by atoms with Crippen LogP contribution < -0.4 is 15.0 Å². The smallest absolute Gasteiger partial charge is 0.261 e. The lowest BCUT2D eigenvalue weighted by molar-refractivity contribution is 0.0992. The first kappa shape index (κ1) is 17.4. The average molecular weight is 348 g/mol. The lowest BCUT2D eigenvalue weighted by atomic mass is 10.2. The van der Waals surface area contributed by atoms with E-state index in [4.69, 9.17) is 4.74 Å². The van der Waals surface area contributed by atoms with E-state index in [1.807, 2.05) is 54.6 Å². The summed E-state index contributed by atoms with van der Waals surface area (Å²) >= 11 is 0. The van der Waals surface area contributed by atoms with Crippen molar-refractivity contribution < 1.29 is 9.53 Å². The Balaban J connectivity index is 1.61. The third kappa shape index (κ3) is 4.16. The molecule has 0 aliphatic carbocycles. The van der Waals surface area contributed by atoms with Crippen molar-refractivity contribution in [3.05, 3.63) is 78.1 Å². The van der Waals surface area contributed by atoms with Gasteiger partial charge in [0, 0.05) is 31.7 Å². The topological polar surface area (TPSA) is 67.3 Å². The minimum atomic E-state index is -0.155. The lowest BCUT2D eigenvalue weighted by Crippen LogP contribution is -2.26. The predicted molar refractivity (Wildman–Crippen MR) is 102 cm³/mol. The van der Waals surface area contributed by atoms with Crippen LogP contribution in [-0.4, -0.2) is 30.0 Å². The Bertz CT molecular complexity index is 849. The molecule has 0 saturated carbocycles. The van der Waals surface area contributed by atoms with Crippen molar-refractivity contribution in [2.45, 2.75) is 6.54 Å². The number of aromatic nitrogens is 2. The van der Waals surface area contributed by atoms with Gasteiger partial charge in [0.05, 0.1) is 12.7 Å². The second-order valence-corrected chi connectivity index (χ2v) is 5.70. The van der Waals surface area contributed by atoms with Crippen molar-refractivity contribution in [2.24, 2.45) is 0 Å². The normalized spacial score (nSPS) is 10.2. The zero-order valence-electron chi connectivity index (χ0n) is 14.7. The Hall–Kier alpha value is -3.41. The number of hydrogen-bond acceptors (Lipinski definition) is 5. The Labute approximate surface area is 152 Å². The maximum Gasteiger partial charge on any atom is 0.261 e. The first-order chi connectivity index (χ1) is 12.7. The van der Waals surface area contributed by atoms with Crippen molar-refractivity contribution >= 4 is 17.5 Å². The Morgan fingerprint density at radius 3 is 2.31 bits per heavy atom. The molecule has 0 fully saturated rings. The zero-order valence-corrected chi connectivity index (χ0v) is 14.7. The van der Waals surface area contributed by atoms with E-state index in [1.54, 1.807) is 19.1 Å². The number of amides is 1. The number of ether oxygens (including phenoxy) is 1. The fraction of sp³-hybridized carbons (Fsp3) is 0.150. The second kappa shape index (κ2) is 8.11. The summed E-state index contributed by atoms with van der Waals surface area (Å²) in [5.41, 5.74) is 2.34. The molecule has 0 unspecified atom stereocenters. The molecule has 0 spiro atoms. The van der Waals surface area contributed by atoms with E-state index in [-0.39, 0.29) is 5.91 Å². The van der Waals surface area contributed by atoms with Crippen molar-refractivity contribution in [3.63, 3.8) is 0 Å². The molecule has 3 aromatic rings. The summed E-state index contributed by atoms with van der Waals surface area (Å²) in [7, 11) is 3.37. The van der Waals surface area contributed by atoms with Gasteiger partial charge in [-0.15, -0.1) is 0 Å². The summed E-state index contributed by atoms with van der Waals surface area (Å²) in [6.45, 7) is 0.585. The van der Waals surface area contributed by atoms with Gasteiger partial charge in [0.25, 0.3) is 5.91 Å². The molecule has 1 heterocycles. The highest BCUT2D eigenvalue weighted by atomic mass is 16.5. The van der Waals surface area contributed by atoms with Crippen LogP contribution in [0.5, 0.6) is 5.75 Å². The maximum absolute atomic E-state index is 12.5. The Morgan fingerprint density at radius 2 is 1.69 bits per heavy atom. The summed E-state index contributed by atoms with van der Waals surface area (Å²) in [5.74, 6) is 1.13. The van der Waals surface area contributed by atoms with E-state index in [1.165, 1.54) is 12.4 Å². The van der Waals surface area contributed by atoms with Crippen molar-refractivity contribution in [3.8, 4) is 5.75 Å². The molecule has 0 bridgehead atoms. The number of carbonyl (C=O) groups excluding carboxylic acids is 1. The van der Waals surface area contributed by atoms with E-state index >= 15 is 0 Å². The highest BCUT2D eigenvalue weighted by molar-refractivity contribution is 6.05. The number of carbonyl (C=O) groups is 1. The van der Waals surface area contributed by atoms with Gasteiger partial charge in [-0.2, -0.15) is 0 Å². The van der Waals surface area contributed by atoms with Gasteiger partial charge >= 0.3 is 0 Å². The molecule has 0 atom stereocenters. The molecule has 0 saturated heterocycles. The van der Waals surface area contributed by atoms with Gasteiger partial charge in [-0.3, -0.25) is 4.79 Å². The lowest BCUT2D eigenvalue weighted by Gasteiger charge is -2.17. The summed E-state index contributed by atoms with van der Waals surface area (Å²) in [6, 6.07) is 17.2. The van der Waals surface area contributed by atoms with Gasteiger partial charge in [-0.1, -0.05) is 30.3 Å². The fourth-order valence-corrected chi connectivity index (χ4v) is 2.42. The van der Waals surface area contributed by atoms with Crippen LogP contribution in [0.15, 0.2) is 67.0 Å². The van der Waals surface area contributed by atoms with Crippen molar-refractivity contribution in [2.75, 3.05) is 24.4 Å². The van der Waals surface area contributed by atoms with E-state index in [2.05, 4.69) is 15.3 Å². The molecule has 0 aliphatic heterocycles. The van der Waals surface area contributed by atoms with Crippen LogP contribution in [0.1, 0.15) is 15.9 Å². The molecular formula is C20H20N4O2. The minimum absolute atomic E-state index is 0.155. The quantitative estimate of drug-likeness (QED) is 0.740. The number of anilines is 2. The number of nitrogens with zero attached hydrogens (tertiary/aromatic N) is 3. The van der Waals surface area contributed by atoms with Crippen LogP contribution in [0.2, 0.25) is 0 Å². The number of methoxy groups -OCH3 is 1. The SMILES string of the molecule is COc1ccc(CNc2ncc(C(=O)N(C)c3ccccc3)cn2)cc1. The first-order valence-electron chi connectivity index (χ1n) is 8.19. The van der Waals surface area contributed by atoms with Crippen molar-refractivity contribution in [1.82, 2.24) is 9.97 Å². The molecule has 6 heteroatoms. The third-order valence-corrected chi connectivity index (χ3v) is 3.96. The fourth-order valence-electron chi connectivity index (χ4n) is 2.42. The molecule has 0 radical (unpaired) electrons. The van der Waals surface area contributed by atoms with E-state index in [9.17, 15) is 4.79 Å². The summed E-state index contributed by atoms with van der Waals surface area (Å²) in [4.78, 5) is 22.5. The number of nitrogens with one attached hydrogen (secondary N) is 1. The van der Waals surface area contributed by atoms with Gasteiger partial charge in [-0.25, -0.2) is 9.97 Å². The van der Waals surface area contributed by atoms with Crippen LogP contribution in [0.3, 0.4) is 0 Å². The van der Waals surface area contributed by atoms with Crippen LogP contribution in [0.4, 0.5) is 11.6 Å². The highest BCUT2D eigenvalue weighted by Crippen LogP contribution is 2.15. The largest absolute Gasteiger partial charge is 0.497 e. The van der Waals surface area contributed by atoms with Gasteiger partial charge in [-0.05, 0) is 29.8 Å². The molecule has 132 valence electrons. The molecule has 1 amide bonds. The molecule has 1 aromatic heterocycles. The number of rotatable bonds is 6. The predicted octanol–water partition coefficient (Wildman–Crippen LogP) is 3.37. The maximum atomic E-state index is 12.5. The summed E-state index contributed by atoms with van der Waals surface area (Å²) in [5, 5.41) is 3.14. The molecule has 26 heavy (non-hydrogen) atoms. The van der Waals surface area contributed by atoms with Crippen molar-refractivity contribution in [1.29, 1.82) is 0 Å². The highest BCUT2D eigenvalue weighted by Gasteiger charge is 2.14. The Morgan fingerprint density at radius 1 is 1.04 bits per heavy atom. The van der Waals surface area contributed by atoms with E-state index in [0.29, 0.717) is 18.1 Å². The standard InChI is InChI=1S/C20H20N4O2/c1-24(17-6-4-3-5-7-17)19(25)16-13-22-20(23-14-16)21-12-15-8-10-18(26-2)11-9-15/h3-11,13-14H,12H2,1-2H3,(H,21,22,23). The number of benzene rings is 2. The molecule has 1 N–H and O–H groups in total.